The third kappa shape index (κ3) is 0.973. The number of benzene rings is 1. The second kappa shape index (κ2) is 2.92. The zero-order chi connectivity index (χ0) is 10.5. The molecule has 0 saturated carbocycles. The van der Waals surface area contributed by atoms with Crippen LogP contribution in [0, 0.1) is 0 Å². The van der Waals surface area contributed by atoms with Gasteiger partial charge in [-0.25, -0.2) is 0 Å². The van der Waals surface area contributed by atoms with E-state index in [-0.39, 0.29) is 0 Å². The number of thiophene rings is 1. The van der Waals surface area contributed by atoms with Gasteiger partial charge in [-0.1, -0.05) is 36.4 Å². The number of fused-ring (bicyclic) bond motifs is 5. The van der Waals surface area contributed by atoms with E-state index in [4.69, 9.17) is 4.99 Å². The monoisotopic (exact) mass is 223 g/mol. The lowest BCUT2D eigenvalue weighted by Gasteiger charge is -2.03. The van der Waals surface area contributed by atoms with Gasteiger partial charge in [-0.2, -0.15) is 0 Å². The molecule has 0 fully saturated rings. The fourth-order valence-electron chi connectivity index (χ4n) is 2.32. The molecule has 1 aliphatic carbocycles. The van der Waals surface area contributed by atoms with Crippen LogP contribution in [0.1, 0.15) is 11.3 Å². The quantitative estimate of drug-likeness (QED) is 0.630. The summed E-state index contributed by atoms with van der Waals surface area (Å²) >= 11 is 1.86. The molecule has 0 radical (unpaired) electrons. The van der Waals surface area contributed by atoms with Crippen molar-refractivity contribution in [2.75, 3.05) is 0 Å². The van der Waals surface area contributed by atoms with Gasteiger partial charge in [0, 0.05) is 22.1 Å². The van der Waals surface area contributed by atoms with Crippen LogP contribution < -0.4 is 0 Å². The Morgan fingerprint density at radius 2 is 2.12 bits per heavy atom. The summed E-state index contributed by atoms with van der Waals surface area (Å²) in [6.45, 7) is 0. The molecule has 0 spiro atoms. The summed E-state index contributed by atoms with van der Waals surface area (Å²) in [6.07, 6.45) is 7.46. The molecule has 0 amide bonds. The van der Waals surface area contributed by atoms with Gasteiger partial charge < -0.3 is 0 Å². The summed E-state index contributed by atoms with van der Waals surface area (Å²) in [6, 6.07) is 8.52. The fraction of sp³-hybridized carbons (Fsp3) is 0.0714. The normalized spacial score (nSPS) is 17.0. The van der Waals surface area contributed by atoms with Crippen LogP contribution in [0.3, 0.4) is 0 Å². The zero-order valence-electron chi connectivity index (χ0n) is 8.60. The van der Waals surface area contributed by atoms with E-state index in [1.54, 1.807) is 0 Å². The molecule has 1 aromatic heterocycles. The van der Waals surface area contributed by atoms with Crippen molar-refractivity contribution in [2.45, 2.75) is 6.42 Å². The molecule has 1 aliphatic heterocycles. The second-order valence-electron chi connectivity index (χ2n) is 4.05. The maximum atomic E-state index is 4.77. The molecule has 0 unspecified atom stereocenters. The number of rotatable bonds is 0. The van der Waals surface area contributed by atoms with Crippen molar-refractivity contribution in [1.29, 1.82) is 0 Å². The lowest BCUT2D eigenvalue weighted by Crippen LogP contribution is -1.97. The van der Waals surface area contributed by atoms with Gasteiger partial charge in [0.25, 0.3) is 0 Å². The van der Waals surface area contributed by atoms with E-state index < -0.39 is 0 Å². The third-order valence-corrected chi connectivity index (χ3v) is 4.28. The predicted molar refractivity (Wildman–Crippen MR) is 70.7 cm³/mol. The topological polar surface area (TPSA) is 12.4 Å². The molecule has 16 heavy (non-hydrogen) atoms. The van der Waals surface area contributed by atoms with Crippen LogP contribution >= 0.6 is 11.3 Å². The molecule has 76 valence electrons. The molecule has 2 heteroatoms. The summed E-state index contributed by atoms with van der Waals surface area (Å²) in [4.78, 5) is 6.12. The van der Waals surface area contributed by atoms with Gasteiger partial charge in [-0.05, 0) is 6.07 Å². The average molecular weight is 223 g/mol. The summed E-state index contributed by atoms with van der Waals surface area (Å²) in [5, 5.41) is 1.30. The molecular formula is C14H9NS. The van der Waals surface area contributed by atoms with E-state index in [9.17, 15) is 0 Å². The van der Waals surface area contributed by atoms with Gasteiger partial charge in [0.15, 0.2) is 0 Å². The van der Waals surface area contributed by atoms with Crippen molar-refractivity contribution in [3.05, 3.63) is 47.4 Å². The summed E-state index contributed by atoms with van der Waals surface area (Å²) < 4.78 is 1.34. The van der Waals surface area contributed by atoms with E-state index in [1.807, 2.05) is 11.3 Å². The molecule has 2 heterocycles. The molecule has 1 aromatic carbocycles. The SMILES string of the molecule is C1=CCC2=Nc3c(sc4ccccc34)C2=C1. The van der Waals surface area contributed by atoms with Crippen molar-refractivity contribution in [3.63, 3.8) is 0 Å². The number of hydrogen-bond acceptors (Lipinski definition) is 2. The summed E-state index contributed by atoms with van der Waals surface area (Å²) in [7, 11) is 0. The average Bonchev–Trinajstić information content (AvgIpc) is 2.85. The smallest absolute Gasteiger partial charge is 0.0898 e. The maximum absolute atomic E-state index is 4.77. The third-order valence-electron chi connectivity index (χ3n) is 3.08. The minimum atomic E-state index is 0.974. The van der Waals surface area contributed by atoms with Crippen LogP contribution in [-0.4, -0.2) is 5.71 Å². The Morgan fingerprint density at radius 3 is 3.12 bits per heavy atom. The van der Waals surface area contributed by atoms with E-state index >= 15 is 0 Å². The fourth-order valence-corrected chi connectivity index (χ4v) is 3.51. The first-order chi connectivity index (χ1) is 7.93. The van der Waals surface area contributed by atoms with Crippen LogP contribution in [0.15, 0.2) is 47.5 Å². The standard InChI is InChI=1S/C14H9NS/c1-3-7-11-9(5-1)14-13(15-11)10-6-2-4-8-12(10)16-14/h1-6,8H,7H2. The van der Waals surface area contributed by atoms with Crippen molar-refractivity contribution in [2.24, 2.45) is 4.99 Å². The largest absolute Gasteiger partial charge is 0.250 e. The molecule has 0 saturated heterocycles. The van der Waals surface area contributed by atoms with Crippen molar-refractivity contribution >= 4 is 38.4 Å². The lowest BCUT2D eigenvalue weighted by atomic mass is 10.0. The highest BCUT2D eigenvalue weighted by Crippen LogP contribution is 2.47. The molecule has 1 nitrogen and oxygen atoms in total. The van der Waals surface area contributed by atoms with Gasteiger partial charge >= 0.3 is 0 Å². The van der Waals surface area contributed by atoms with Gasteiger partial charge in [-0.3, -0.25) is 4.99 Å². The Bertz CT molecular complexity index is 686. The molecule has 2 aromatic rings. The Balaban J connectivity index is 2.10. The zero-order valence-corrected chi connectivity index (χ0v) is 9.42. The van der Waals surface area contributed by atoms with Gasteiger partial charge in [0.2, 0.25) is 0 Å². The van der Waals surface area contributed by atoms with Crippen LogP contribution in [-0.2, 0) is 0 Å². The van der Waals surface area contributed by atoms with Gasteiger partial charge in [-0.15, -0.1) is 11.3 Å². The lowest BCUT2D eigenvalue weighted by molar-refractivity contribution is 1.45. The van der Waals surface area contributed by atoms with Crippen LogP contribution in [0.25, 0.3) is 15.7 Å². The first-order valence-corrected chi connectivity index (χ1v) is 6.22. The number of allylic oxidation sites excluding steroid dienone is 4. The Labute approximate surface area is 97.4 Å². The van der Waals surface area contributed by atoms with Gasteiger partial charge in [0.05, 0.1) is 16.3 Å². The highest BCUT2D eigenvalue weighted by Gasteiger charge is 2.25. The molecular weight excluding hydrogens is 214 g/mol. The number of aliphatic imine (C=N–C) groups is 1. The highest BCUT2D eigenvalue weighted by molar-refractivity contribution is 7.21. The molecule has 0 bridgehead atoms. The Kier molecular flexibility index (Phi) is 1.55. The maximum Gasteiger partial charge on any atom is 0.0898 e. The second-order valence-corrected chi connectivity index (χ2v) is 5.10. The van der Waals surface area contributed by atoms with Crippen LogP contribution in [0.4, 0.5) is 5.69 Å². The summed E-state index contributed by atoms with van der Waals surface area (Å²) in [5.74, 6) is 0. The van der Waals surface area contributed by atoms with Crippen molar-refractivity contribution < 1.29 is 0 Å². The number of hydrogen-bond donors (Lipinski definition) is 0. The molecule has 2 aliphatic rings. The first-order valence-electron chi connectivity index (χ1n) is 5.40. The van der Waals surface area contributed by atoms with Crippen molar-refractivity contribution in [1.82, 2.24) is 0 Å². The minimum Gasteiger partial charge on any atom is -0.250 e. The molecule has 0 atom stereocenters. The van der Waals surface area contributed by atoms with E-state index in [2.05, 4.69) is 42.5 Å². The highest BCUT2D eigenvalue weighted by atomic mass is 32.1. The summed E-state index contributed by atoms with van der Waals surface area (Å²) in [5.41, 5.74) is 3.75. The van der Waals surface area contributed by atoms with E-state index in [0.29, 0.717) is 0 Å². The van der Waals surface area contributed by atoms with E-state index in [0.717, 1.165) is 6.42 Å². The van der Waals surface area contributed by atoms with Crippen LogP contribution in [0.5, 0.6) is 0 Å². The Morgan fingerprint density at radius 1 is 1.19 bits per heavy atom. The Hall–Kier alpha value is -1.67. The predicted octanol–water partition coefficient (Wildman–Crippen LogP) is 4.33. The van der Waals surface area contributed by atoms with Crippen molar-refractivity contribution in [3.8, 4) is 0 Å². The molecule has 0 N–H and O–H groups in total. The van der Waals surface area contributed by atoms with Gasteiger partial charge in [0.1, 0.15) is 0 Å². The first kappa shape index (κ1) is 8.48. The number of nitrogens with zero attached hydrogens (tertiary/aromatic N) is 1. The van der Waals surface area contributed by atoms with Crippen LogP contribution in [0.2, 0.25) is 0 Å². The molecule has 4 rings (SSSR count). The van der Waals surface area contributed by atoms with E-state index in [1.165, 1.54) is 31.9 Å². The minimum absolute atomic E-state index is 0.974.